The van der Waals surface area contributed by atoms with Crippen LogP contribution in [0.3, 0.4) is 0 Å². The number of anilines is 1. The highest BCUT2D eigenvalue weighted by molar-refractivity contribution is 5.88. The van der Waals surface area contributed by atoms with E-state index in [2.05, 4.69) is 15.1 Å². The van der Waals surface area contributed by atoms with Crippen LogP contribution in [-0.2, 0) is 13.0 Å². The lowest BCUT2D eigenvalue weighted by Gasteiger charge is -2.28. The van der Waals surface area contributed by atoms with E-state index in [1.54, 1.807) is 4.90 Å². The summed E-state index contributed by atoms with van der Waals surface area (Å²) in [7, 11) is 0. The van der Waals surface area contributed by atoms with Gasteiger partial charge in [0.1, 0.15) is 5.82 Å². The minimum Gasteiger partial charge on any atom is -0.320 e. The molecule has 1 N–H and O–H groups in total. The van der Waals surface area contributed by atoms with Crippen molar-refractivity contribution in [3.63, 3.8) is 0 Å². The van der Waals surface area contributed by atoms with Gasteiger partial charge in [0.05, 0.1) is 6.04 Å². The molecule has 1 aliphatic heterocycles. The highest BCUT2D eigenvalue weighted by atomic mass is 19.1. The second-order valence-corrected chi connectivity index (χ2v) is 7.42. The average molecular weight is 356 g/mol. The van der Waals surface area contributed by atoms with E-state index in [9.17, 15) is 9.18 Å². The summed E-state index contributed by atoms with van der Waals surface area (Å²) in [5.41, 5.74) is 3.08. The van der Waals surface area contributed by atoms with Crippen molar-refractivity contribution in [1.29, 1.82) is 0 Å². The Morgan fingerprint density at radius 1 is 1.19 bits per heavy atom. The second-order valence-electron chi connectivity index (χ2n) is 7.42. The number of nitrogens with zero attached hydrogens (tertiary/aromatic N) is 3. The van der Waals surface area contributed by atoms with E-state index in [4.69, 9.17) is 0 Å². The number of aromatic nitrogens is 2. The van der Waals surface area contributed by atoms with Gasteiger partial charge in [0.15, 0.2) is 5.82 Å². The molecule has 0 bridgehead atoms. The summed E-state index contributed by atoms with van der Waals surface area (Å²) in [6, 6.07) is 7.03. The van der Waals surface area contributed by atoms with Crippen LogP contribution in [0.1, 0.15) is 55.0 Å². The Morgan fingerprint density at radius 3 is 2.81 bits per heavy atom. The number of halogens is 1. The molecule has 2 aromatic rings. The largest absolute Gasteiger partial charge is 0.323 e. The van der Waals surface area contributed by atoms with Gasteiger partial charge in [-0.1, -0.05) is 25.3 Å². The molecule has 138 valence electrons. The number of urea groups is 1. The van der Waals surface area contributed by atoms with E-state index in [1.165, 1.54) is 31.4 Å². The number of hydrogen-bond donors (Lipinski definition) is 1. The number of amides is 2. The van der Waals surface area contributed by atoms with Crippen LogP contribution in [0.5, 0.6) is 0 Å². The lowest BCUT2D eigenvalue weighted by Crippen LogP contribution is -2.39. The first-order chi connectivity index (χ1) is 12.6. The Bertz CT molecular complexity index is 810. The number of carbonyl (C=O) groups excluding carboxylic acids is 1. The van der Waals surface area contributed by atoms with E-state index in [0.717, 1.165) is 36.1 Å². The molecule has 2 amide bonds. The smallest absolute Gasteiger partial charge is 0.320 e. The summed E-state index contributed by atoms with van der Waals surface area (Å²) in [4.78, 5) is 14.3. The van der Waals surface area contributed by atoms with Crippen molar-refractivity contribution in [1.82, 2.24) is 14.7 Å². The zero-order valence-corrected chi connectivity index (χ0v) is 15.2. The van der Waals surface area contributed by atoms with Crippen molar-refractivity contribution >= 4 is 11.8 Å². The van der Waals surface area contributed by atoms with Gasteiger partial charge in [-0.05, 0) is 49.4 Å². The van der Waals surface area contributed by atoms with E-state index in [0.29, 0.717) is 24.9 Å². The molecule has 0 spiro atoms. The van der Waals surface area contributed by atoms with Gasteiger partial charge in [-0.3, -0.25) is 10.00 Å². The third-order valence-corrected chi connectivity index (χ3v) is 5.55. The first-order valence-corrected chi connectivity index (χ1v) is 9.49. The Kier molecular flexibility index (Phi) is 4.66. The van der Waals surface area contributed by atoms with Gasteiger partial charge < -0.3 is 4.90 Å². The molecule has 0 saturated heterocycles. The molecular formula is C20H25FN4O. The molecule has 1 aromatic heterocycles. The SMILES string of the molecule is Cc1cc(NC(=O)N2CCc3ccc(F)cc3C2)nn1C1CCCCC1. The molecule has 0 radical (unpaired) electrons. The number of benzene rings is 1. The van der Waals surface area contributed by atoms with Gasteiger partial charge in [-0.2, -0.15) is 5.10 Å². The highest BCUT2D eigenvalue weighted by Gasteiger charge is 2.23. The molecule has 0 atom stereocenters. The molecule has 5 nitrogen and oxygen atoms in total. The van der Waals surface area contributed by atoms with Crippen LogP contribution in [-0.4, -0.2) is 27.3 Å². The van der Waals surface area contributed by atoms with E-state index < -0.39 is 0 Å². The fraction of sp³-hybridized carbons (Fsp3) is 0.500. The molecule has 26 heavy (non-hydrogen) atoms. The Hall–Kier alpha value is -2.37. The van der Waals surface area contributed by atoms with E-state index in [-0.39, 0.29) is 11.8 Å². The van der Waals surface area contributed by atoms with Crippen LogP contribution >= 0.6 is 0 Å². The molecule has 1 fully saturated rings. The van der Waals surface area contributed by atoms with Gasteiger partial charge in [0.25, 0.3) is 0 Å². The maximum Gasteiger partial charge on any atom is 0.323 e. The minimum absolute atomic E-state index is 0.173. The lowest BCUT2D eigenvalue weighted by atomic mass is 9.95. The predicted octanol–water partition coefficient (Wildman–Crippen LogP) is 4.43. The maximum absolute atomic E-state index is 13.5. The van der Waals surface area contributed by atoms with Crippen molar-refractivity contribution in [2.45, 2.75) is 58.0 Å². The van der Waals surface area contributed by atoms with Crippen molar-refractivity contribution < 1.29 is 9.18 Å². The quantitative estimate of drug-likeness (QED) is 0.866. The van der Waals surface area contributed by atoms with E-state index in [1.807, 2.05) is 19.1 Å². The average Bonchev–Trinajstić information content (AvgIpc) is 3.02. The van der Waals surface area contributed by atoms with Gasteiger partial charge >= 0.3 is 6.03 Å². The van der Waals surface area contributed by atoms with Crippen LogP contribution in [0.15, 0.2) is 24.3 Å². The van der Waals surface area contributed by atoms with Gasteiger partial charge in [0, 0.05) is 24.8 Å². The first kappa shape index (κ1) is 17.1. The third kappa shape index (κ3) is 3.45. The van der Waals surface area contributed by atoms with Crippen LogP contribution in [0.4, 0.5) is 15.0 Å². The molecule has 1 aromatic carbocycles. The lowest BCUT2D eigenvalue weighted by molar-refractivity contribution is 0.206. The summed E-state index contributed by atoms with van der Waals surface area (Å²) in [5, 5.41) is 7.54. The van der Waals surface area contributed by atoms with Gasteiger partial charge in [-0.15, -0.1) is 0 Å². The number of nitrogens with one attached hydrogen (secondary N) is 1. The van der Waals surface area contributed by atoms with Crippen molar-refractivity contribution in [3.8, 4) is 0 Å². The van der Waals surface area contributed by atoms with Crippen molar-refractivity contribution in [2.75, 3.05) is 11.9 Å². The molecule has 2 heterocycles. The monoisotopic (exact) mass is 356 g/mol. The zero-order valence-electron chi connectivity index (χ0n) is 15.2. The molecule has 0 unspecified atom stereocenters. The Morgan fingerprint density at radius 2 is 2.00 bits per heavy atom. The van der Waals surface area contributed by atoms with Crippen LogP contribution in [0, 0.1) is 12.7 Å². The van der Waals surface area contributed by atoms with Crippen LogP contribution < -0.4 is 5.32 Å². The van der Waals surface area contributed by atoms with Crippen LogP contribution in [0.25, 0.3) is 0 Å². The summed E-state index contributed by atoms with van der Waals surface area (Å²) in [6.45, 7) is 3.10. The molecule has 1 aliphatic carbocycles. The number of rotatable bonds is 2. The third-order valence-electron chi connectivity index (χ3n) is 5.55. The van der Waals surface area contributed by atoms with Crippen LogP contribution in [0.2, 0.25) is 0 Å². The summed E-state index contributed by atoms with van der Waals surface area (Å²) in [6.07, 6.45) is 6.86. The number of aryl methyl sites for hydroxylation is 1. The highest BCUT2D eigenvalue weighted by Crippen LogP contribution is 2.29. The fourth-order valence-electron chi connectivity index (χ4n) is 4.13. The zero-order chi connectivity index (χ0) is 18.1. The standard InChI is InChI=1S/C20H25FN4O/c1-14-11-19(23-25(14)18-5-3-2-4-6-18)22-20(26)24-10-9-15-7-8-17(21)12-16(15)13-24/h7-8,11-12,18H,2-6,9-10,13H2,1H3,(H,22,23,26). The summed E-state index contributed by atoms with van der Waals surface area (Å²) in [5.74, 6) is 0.343. The molecular weight excluding hydrogens is 331 g/mol. The molecule has 2 aliphatic rings. The number of fused-ring (bicyclic) bond motifs is 1. The maximum atomic E-state index is 13.5. The van der Waals surface area contributed by atoms with Gasteiger partial charge in [0.2, 0.25) is 0 Å². The molecule has 1 saturated carbocycles. The Labute approximate surface area is 153 Å². The number of hydrogen-bond acceptors (Lipinski definition) is 2. The molecule has 6 heteroatoms. The predicted molar refractivity (Wildman–Crippen MR) is 98.6 cm³/mol. The number of carbonyl (C=O) groups is 1. The topological polar surface area (TPSA) is 50.2 Å². The second kappa shape index (κ2) is 7.09. The van der Waals surface area contributed by atoms with Crippen molar-refractivity contribution in [2.24, 2.45) is 0 Å². The Balaban J connectivity index is 1.44. The minimum atomic E-state index is -0.257. The summed E-state index contributed by atoms with van der Waals surface area (Å²) >= 11 is 0. The van der Waals surface area contributed by atoms with Gasteiger partial charge in [-0.25, -0.2) is 9.18 Å². The first-order valence-electron chi connectivity index (χ1n) is 9.49. The van der Waals surface area contributed by atoms with Crippen molar-refractivity contribution in [3.05, 3.63) is 46.9 Å². The molecule has 4 rings (SSSR count). The normalized spacial score (nSPS) is 17.8. The summed E-state index contributed by atoms with van der Waals surface area (Å²) < 4.78 is 15.5. The van der Waals surface area contributed by atoms with E-state index >= 15 is 0 Å². The fourth-order valence-corrected chi connectivity index (χ4v) is 4.13.